The maximum Gasteiger partial charge on any atom is 0.416 e. The summed E-state index contributed by atoms with van der Waals surface area (Å²) in [6.45, 7) is 0. The number of carbonyl (C=O) groups is 2. The summed E-state index contributed by atoms with van der Waals surface area (Å²) in [4.78, 5) is 28.0. The van der Waals surface area contributed by atoms with Crippen molar-refractivity contribution in [2.75, 3.05) is 0 Å². The highest BCUT2D eigenvalue weighted by Gasteiger charge is 2.36. The quantitative estimate of drug-likeness (QED) is 0.602. The molecule has 0 spiro atoms. The number of amides is 1. The zero-order chi connectivity index (χ0) is 21.0. The first-order valence-corrected chi connectivity index (χ1v) is 9.33. The van der Waals surface area contributed by atoms with Gasteiger partial charge in [-0.15, -0.1) is 11.3 Å². The molecule has 0 saturated heterocycles. The molecule has 0 aliphatic rings. The van der Waals surface area contributed by atoms with Crippen LogP contribution < -0.4 is 5.32 Å². The molecular weight excluding hydrogens is 405 g/mol. The van der Waals surface area contributed by atoms with E-state index in [0.717, 1.165) is 17.7 Å². The molecular formula is C20H15F3N2O3S. The van der Waals surface area contributed by atoms with Gasteiger partial charge in [0.1, 0.15) is 10.7 Å². The van der Waals surface area contributed by atoms with Crippen LogP contribution in [0.2, 0.25) is 0 Å². The highest BCUT2D eigenvalue weighted by molar-refractivity contribution is 7.13. The lowest BCUT2D eigenvalue weighted by Crippen LogP contribution is -2.32. The van der Waals surface area contributed by atoms with Gasteiger partial charge in [-0.1, -0.05) is 48.5 Å². The van der Waals surface area contributed by atoms with Gasteiger partial charge in [-0.05, 0) is 11.6 Å². The van der Waals surface area contributed by atoms with Gasteiger partial charge in [-0.3, -0.25) is 9.59 Å². The van der Waals surface area contributed by atoms with Crippen LogP contribution in [0.15, 0.2) is 60.0 Å². The smallest absolute Gasteiger partial charge is 0.416 e. The van der Waals surface area contributed by atoms with Crippen molar-refractivity contribution in [3.63, 3.8) is 0 Å². The van der Waals surface area contributed by atoms with Gasteiger partial charge < -0.3 is 10.4 Å². The second-order valence-electron chi connectivity index (χ2n) is 6.11. The minimum absolute atomic E-state index is 0.00808. The molecule has 5 nitrogen and oxygen atoms in total. The molecule has 9 heteroatoms. The SMILES string of the molecule is O=C(O)CC(NC(=O)c1csc(-c2ccccc2)n1)c1ccccc1C(F)(F)F. The number of nitrogens with zero attached hydrogens (tertiary/aromatic N) is 1. The molecule has 2 N–H and O–H groups in total. The third-order valence-corrected chi connectivity index (χ3v) is 4.97. The highest BCUT2D eigenvalue weighted by atomic mass is 32.1. The Hall–Kier alpha value is -3.20. The Bertz CT molecular complexity index is 1020. The van der Waals surface area contributed by atoms with Gasteiger partial charge in [-0.2, -0.15) is 13.2 Å². The summed E-state index contributed by atoms with van der Waals surface area (Å²) < 4.78 is 40.0. The van der Waals surface area contributed by atoms with E-state index in [4.69, 9.17) is 5.11 Å². The number of benzene rings is 2. The molecule has 0 bridgehead atoms. The van der Waals surface area contributed by atoms with Gasteiger partial charge >= 0.3 is 12.1 Å². The van der Waals surface area contributed by atoms with Gasteiger partial charge in [0.2, 0.25) is 0 Å². The third kappa shape index (κ3) is 5.00. The lowest BCUT2D eigenvalue weighted by Gasteiger charge is -2.21. The van der Waals surface area contributed by atoms with Gasteiger partial charge in [0.05, 0.1) is 18.0 Å². The van der Waals surface area contributed by atoms with Gasteiger partial charge in [-0.25, -0.2) is 4.98 Å². The Balaban J connectivity index is 1.88. The van der Waals surface area contributed by atoms with Crippen LogP contribution in [0.3, 0.4) is 0 Å². The van der Waals surface area contributed by atoms with Crippen LogP contribution in [0.4, 0.5) is 13.2 Å². The van der Waals surface area contributed by atoms with Crippen molar-refractivity contribution in [2.24, 2.45) is 0 Å². The van der Waals surface area contributed by atoms with E-state index in [0.29, 0.717) is 5.01 Å². The molecule has 1 aromatic heterocycles. The van der Waals surface area contributed by atoms with Gasteiger partial charge in [0, 0.05) is 10.9 Å². The maximum absolute atomic E-state index is 13.3. The number of thiazole rings is 1. The monoisotopic (exact) mass is 420 g/mol. The zero-order valence-corrected chi connectivity index (χ0v) is 15.6. The molecule has 3 rings (SSSR count). The molecule has 150 valence electrons. The Morgan fingerprint density at radius 3 is 2.38 bits per heavy atom. The molecule has 1 amide bonds. The van der Waals surface area contributed by atoms with E-state index in [-0.39, 0.29) is 11.3 Å². The predicted molar refractivity (Wildman–Crippen MR) is 101 cm³/mol. The lowest BCUT2D eigenvalue weighted by atomic mass is 9.97. The van der Waals surface area contributed by atoms with Crippen LogP contribution >= 0.6 is 11.3 Å². The molecule has 0 saturated carbocycles. The molecule has 0 fully saturated rings. The standard InChI is InChI=1S/C20H15F3N2O3S/c21-20(22,23)14-9-5-4-8-13(14)15(10-17(26)27)24-18(28)16-11-29-19(25-16)12-6-2-1-3-7-12/h1-9,11,15H,10H2,(H,24,28)(H,26,27). The highest BCUT2D eigenvalue weighted by Crippen LogP contribution is 2.35. The van der Waals surface area contributed by atoms with E-state index in [9.17, 15) is 22.8 Å². The number of alkyl halides is 3. The first-order chi connectivity index (χ1) is 13.8. The van der Waals surface area contributed by atoms with Gasteiger partial charge in [0.25, 0.3) is 5.91 Å². The van der Waals surface area contributed by atoms with E-state index in [1.807, 2.05) is 30.3 Å². The summed E-state index contributed by atoms with van der Waals surface area (Å²) in [7, 11) is 0. The van der Waals surface area contributed by atoms with Crippen LogP contribution in [0.25, 0.3) is 10.6 Å². The zero-order valence-electron chi connectivity index (χ0n) is 14.8. The van der Waals surface area contributed by atoms with Crippen molar-refractivity contribution in [2.45, 2.75) is 18.6 Å². The number of nitrogens with one attached hydrogen (secondary N) is 1. The number of halogens is 3. The van der Waals surface area contributed by atoms with Crippen LogP contribution in [0, 0.1) is 0 Å². The summed E-state index contributed by atoms with van der Waals surface area (Å²) in [6.07, 6.45) is -5.38. The molecule has 0 aliphatic heterocycles. The van der Waals surface area contributed by atoms with Crippen LogP contribution in [0.5, 0.6) is 0 Å². The van der Waals surface area contributed by atoms with E-state index < -0.39 is 36.1 Å². The molecule has 1 atom stereocenters. The van der Waals surface area contributed by atoms with E-state index >= 15 is 0 Å². The van der Waals surface area contributed by atoms with Crippen molar-refractivity contribution in [3.05, 3.63) is 76.8 Å². The third-order valence-electron chi connectivity index (χ3n) is 4.08. The summed E-state index contributed by atoms with van der Waals surface area (Å²) in [6, 6.07) is 12.3. The lowest BCUT2D eigenvalue weighted by molar-refractivity contribution is -0.140. The Labute approximate surface area is 167 Å². The Kier molecular flexibility index (Phi) is 5.97. The van der Waals surface area contributed by atoms with Crippen molar-refractivity contribution >= 4 is 23.2 Å². The number of aliphatic carboxylic acids is 1. The Morgan fingerprint density at radius 2 is 1.72 bits per heavy atom. The average molecular weight is 420 g/mol. The summed E-state index contributed by atoms with van der Waals surface area (Å²) in [5, 5.41) is 13.6. The maximum atomic E-state index is 13.3. The molecule has 0 aliphatic carbocycles. The fraction of sp³-hybridized carbons (Fsp3) is 0.150. The number of hydrogen-bond acceptors (Lipinski definition) is 4. The average Bonchev–Trinajstić information content (AvgIpc) is 3.17. The van der Waals surface area contributed by atoms with Crippen molar-refractivity contribution in [1.82, 2.24) is 10.3 Å². The molecule has 0 radical (unpaired) electrons. The van der Waals surface area contributed by atoms with Crippen LogP contribution in [-0.4, -0.2) is 22.0 Å². The van der Waals surface area contributed by atoms with Gasteiger partial charge in [0.15, 0.2) is 0 Å². The second kappa shape index (κ2) is 8.44. The molecule has 1 unspecified atom stereocenters. The summed E-state index contributed by atoms with van der Waals surface area (Å²) >= 11 is 1.21. The predicted octanol–water partition coefficient (Wildman–Crippen LogP) is 4.77. The molecule has 3 aromatic rings. The number of hydrogen-bond donors (Lipinski definition) is 2. The topological polar surface area (TPSA) is 79.3 Å². The van der Waals surface area contributed by atoms with Crippen molar-refractivity contribution in [1.29, 1.82) is 0 Å². The summed E-state index contributed by atoms with van der Waals surface area (Å²) in [5.41, 5.74) is -0.501. The molecule has 1 heterocycles. The fourth-order valence-corrected chi connectivity index (χ4v) is 3.60. The Morgan fingerprint density at radius 1 is 1.07 bits per heavy atom. The van der Waals surface area contributed by atoms with Crippen LogP contribution in [-0.2, 0) is 11.0 Å². The normalized spacial score (nSPS) is 12.4. The first-order valence-electron chi connectivity index (χ1n) is 8.45. The van der Waals surface area contributed by atoms with E-state index in [2.05, 4.69) is 10.3 Å². The van der Waals surface area contributed by atoms with E-state index in [1.165, 1.54) is 28.8 Å². The second-order valence-corrected chi connectivity index (χ2v) is 6.97. The fourth-order valence-electron chi connectivity index (χ4n) is 2.80. The largest absolute Gasteiger partial charge is 0.481 e. The van der Waals surface area contributed by atoms with E-state index in [1.54, 1.807) is 0 Å². The number of carbonyl (C=O) groups excluding carboxylic acids is 1. The van der Waals surface area contributed by atoms with Crippen molar-refractivity contribution in [3.8, 4) is 10.6 Å². The minimum atomic E-state index is -4.68. The number of rotatable bonds is 6. The number of aromatic nitrogens is 1. The molecule has 29 heavy (non-hydrogen) atoms. The minimum Gasteiger partial charge on any atom is -0.481 e. The number of carboxylic acids is 1. The first kappa shape index (κ1) is 20.5. The summed E-state index contributed by atoms with van der Waals surface area (Å²) in [5.74, 6) is -2.08. The molecule has 2 aromatic carbocycles. The van der Waals surface area contributed by atoms with Crippen LogP contribution in [0.1, 0.15) is 34.1 Å². The number of carboxylic acid groups (broad SMARTS) is 1. The van der Waals surface area contributed by atoms with Crippen molar-refractivity contribution < 1.29 is 27.9 Å².